The first-order chi connectivity index (χ1) is 14.6. The van der Waals surface area contributed by atoms with Crippen molar-refractivity contribution in [2.24, 2.45) is 5.41 Å². The van der Waals surface area contributed by atoms with Gasteiger partial charge in [-0.15, -0.1) is 10.2 Å². The molecule has 1 fully saturated rings. The number of nitrogens with zero attached hydrogens (tertiary/aromatic N) is 4. The lowest BCUT2D eigenvalue weighted by molar-refractivity contribution is 0.100. The number of carbonyl (C=O) groups excluding carboxylic acids is 1. The Hall–Kier alpha value is -2.41. The van der Waals surface area contributed by atoms with Gasteiger partial charge in [0.1, 0.15) is 11.6 Å². The zero-order chi connectivity index (χ0) is 21.0. The summed E-state index contributed by atoms with van der Waals surface area (Å²) >= 11 is 0. The van der Waals surface area contributed by atoms with Gasteiger partial charge in [-0.05, 0) is 43.6 Å². The number of rotatable bonds is 5. The monoisotopic (exact) mass is 411 g/mol. The third-order valence-corrected chi connectivity index (χ3v) is 6.85. The van der Waals surface area contributed by atoms with E-state index in [1.54, 1.807) is 7.11 Å². The van der Waals surface area contributed by atoms with E-state index in [1.165, 1.54) is 5.56 Å². The van der Waals surface area contributed by atoms with E-state index >= 15 is 0 Å². The number of hydrogen-bond donors (Lipinski definition) is 1. The van der Waals surface area contributed by atoms with Gasteiger partial charge in [0.15, 0.2) is 0 Å². The van der Waals surface area contributed by atoms with Crippen LogP contribution in [0.2, 0.25) is 0 Å². The molecule has 162 valence electrons. The van der Waals surface area contributed by atoms with E-state index in [0.717, 1.165) is 75.4 Å². The lowest BCUT2D eigenvalue weighted by atomic mass is 9.73. The molecule has 1 N–H and O–H groups in total. The Morgan fingerprint density at radius 2 is 1.83 bits per heavy atom. The molecular formula is C23H33N5O2. The highest BCUT2D eigenvalue weighted by Crippen LogP contribution is 2.41. The number of nitrogens with one attached hydrogen (secondary N) is 1. The van der Waals surface area contributed by atoms with Crippen LogP contribution in [0, 0.1) is 12.3 Å². The number of likely N-dealkylation sites (tertiary alicyclic amines) is 1. The Balaban J connectivity index is 1.29. The predicted octanol–water partition coefficient (Wildman–Crippen LogP) is 3.10. The number of ether oxygens (including phenoxy) is 1. The second kappa shape index (κ2) is 9.16. The number of aryl methyl sites for hydroxylation is 2. The summed E-state index contributed by atoms with van der Waals surface area (Å²) < 4.78 is 7.51. The average molecular weight is 412 g/mol. The van der Waals surface area contributed by atoms with Crippen molar-refractivity contribution < 1.29 is 9.53 Å². The maximum Gasteiger partial charge on any atom is 0.317 e. The van der Waals surface area contributed by atoms with Gasteiger partial charge in [0.05, 0.1) is 6.61 Å². The molecule has 3 heterocycles. The standard InChI is InChI=1S/C23H33N5O2/c1-18-3-5-19(6-4-18)17-24-22(29)27-13-10-23(11-14-27)9-7-20-25-26-21(8-16-30-2)28(20)15-12-23/h3-6H,7-17H2,1-2H3,(H,24,29). The molecule has 2 aromatic rings. The van der Waals surface area contributed by atoms with Crippen molar-refractivity contribution in [1.82, 2.24) is 25.0 Å². The molecule has 7 heteroatoms. The molecule has 0 atom stereocenters. The average Bonchev–Trinajstić information content (AvgIpc) is 3.08. The van der Waals surface area contributed by atoms with Crippen LogP contribution in [-0.2, 0) is 30.7 Å². The largest absolute Gasteiger partial charge is 0.384 e. The summed E-state index contributed by atoms with van der Waals surface area (Å²) in [6, 6.07) is 8.37. The Morgan fingerprint density at radius 1 is 1.10 bits per heavy atom. The molecule has 2 aliphatic heterocycles. The lowest BCUT2D eigenvalue weighted by Crippen LogP contribution is -2.47. The number of fused-ring (bicyclic) bond motifs is 1. The zero-order valence-electron chi connectivity index (χ0n) is 18.2. The molecule has 1 saturated heterocycles. The van der Waals surface area contributed by atoms with Crippen molar-refractivity contribution in [2.75, 3.05) is 26.8 Å². The van der Waals surface area contributed by atoms with Crippen LogP contribution in [0.4, 0.5) is 4.79 Å². The van der Waals surface area contributed by atoms with Crippen LogP contribution in [-0.4, -0.2) is 52.5 Å². The van der Waals surface area contributed by atoms with Gasteiger partial charge in [0.2, 0.25) is 0 Å². The highest BCUT2D eigenvalue weighted by Gasteiger charge is 2.37. The summed E-state index contributed by atoms with van der Waals surface area (Å²) in [7, 11) is 1.72. The van der Waals surface area contributed by atoms with Crippen LogP contribution in [0.25, 0.3) is 0 Å². The SMILES string of the molecule is COCCc1nnc2n1CCC1(CC2)CCN(C(=O)NCc2ccc(C)cc2)CC1. The summed E-state index contributed by atoms with van der Waals surface area (Å²) in [6.07, 6.45) is 6.18. The van der Waals surface area contributed by atoms with E-state index in [9.17, 15) is 4.79 Å². The van der Waals surface area contributed by atoms with Crippen LogP contribution >= 0.6 is 0 Å². The molecule has 0 aliphatic carbocycles. The summed E-state index contributed by atoms with van der Waals surface area (Å²) in [5.74, 6) is 2.15. The van der Waals surface area contributed by atoms with E-state index in [4.69, 9.17) is 4.74 Å². The van der Waals surface area contributed by atoms with Crippen molar-refractivity contribution in [3.8, 4) is 0 Å². The van der Waals surface area contributed by atoms with Gasteiger partial charge in [0.25, 0.3) is 0 Å². The van der Waals surface area contributed by atoms with Gasteiger partial charge in [-0.3, -0.25) is 0 Å². The Labute approximate surface area is 178 Å². The molecule has 30 heavy (non-hydrogen) atoms. The fourth-order valence-corrected chi connectivity index (χ4v) is 4.72. The molecule has 0 radical (unpaired) electrons. The molecule has 2 aliphatic rings. The van der Waals surface area contributed by atoms with Crippen LogP contribution in [0.5, 0.6) is 0 Å². The van der Waals surface area contributed by atoms with E-state index in [2.05, 4.69) is 51.3 Å². The third-order valence-electron chi connectivity index (χ3n) is 6.85. The van der Waals surface area contributed by atoms with Crippen LogP contribution in [0.3, 0.4) is 0 Å². The molecule has 0 unspecified atom stereocenters. The molecular weight excluding hydrogens is 378 g/mol. The smallest absolute Gasteiger partial charge is 0.317 e. The van der Waals surface area contributed by atoms with E-state index in [0.29, 0.717) is 18.6 Å². The number of amides is 2. The summed E-state index contributed by atoms with van der Waals surface area (Å²) in [4.78, 5) is 14.6. The minimum absolute atomic E-state index is 0.0537. The molecule has 0 saturated carbocycles. The van der Waals surface area contributed by atoms with Crippen molar-refractivity contribution in [3.05, 3.63) is 47.0 Å². The third kappa shape index (κ3) is 4.67. The Kier molecular flexibility index (Phi) is 6.37. The molecule has 1 spiro atoms. The van der Waals surface area contributed by atoms with Crippen LogP contribution in [0.15, 0.2) is 24.3 Å². The second-order valence-electron chi connectivity index (χ2n) is 8.81. The van der Waals surface area contributed by atoms with Gasteiger partial charge in [-0.2, -0.15) is 0 Å². The van der Waals surface area contributed by atoms with Gasteiger partial charge < -0.3 is 19.5 Å². The number of urea groups is 1. The Morgan fingerprint density at radius 3 is 2.57 bits per heavy atom. The number of benzene rings is 1. The predicted molar refractivity (Wildman–Crippen MR) is 115 cm³/mol. The highest BCUT2D eigenvalue weighted by molar-refractivity contribution is 5.74. The molecule has 2 amide bonds. The number of methoxy groups -OCH3 is 1. The summed E-state index contributed by atoms with van der Waals surface area (Å²) in [5, 5.41) is 11.9. The summed E-state index contributed by atoms with van der Waals surface area (Å²) in [6.45, 7) is 5.97. The van der Waals surface area contributed by atoms with E-state index in [-0.39, 0.29) is 6.03 Å². The van der Waals surface area contributed by atoms with Crippen molar-refractivity contribution in [2.45, 2.75) is 58.5 Å². The first-order valence-corrected chi connectivity index (χ1v) is 11.1. The zero-order valence-corrected chi connectivity index (χ0v) is 18.2. The number of carbonyl (C=O) groups is 1. The minimum Gasteiger partial charge on any atom is -0.384 e. The number of hydrogen-bond acceptors (Lipinski definition) is 4. The molecule has 7 nitrogen and oxygen atoms in total. The summed E-state index contributed by atoms with van der Waals surface area (Å²) in [5.41, 5.74) is 2.68. The van der Waals surface area contributed by atoms with Gasteiger partial charge in [0, 0.05) is 46.1 Å². The van der Waals surface area contributed by atoms with Crippen molar-refractivity contribution in [1.29, 1.82) is 0 Å². The second-order valence-corrected chi connectivity index (χ2v) is 8.81. The number of piperidine rings is 1. The topological polar surface area (TPSA) is 72.3 Å². The van der Waals surface area contributed by atoms with Gasteiger partial charge >= 0.3 is 6.03 Å². The van der Waals surface area contributed by atoms with Crippen LogP contribution < -0.4 is 5.32 Å². The Bertz CT molecular complexity index is 853. The van der Waals surface area contributed by atoms with E-state index in [1.807, 2.05) is 4.90 Å². The quantitative estimate of drug-likeness (QED) is 0.821. The minimum atomic E-state index is 0.0537. The molecule has 1 aromatic heterocycles. The number of aromatic nitrogens is 3. The fraction of sp³-hybridized carbons (Fsp3) is 0.609. The molecule has 0 bridgehead atoms. The molecule has 4 rings (SSSR count). The first kappa shape index (κ1) is 20.8. The van der Waals surface area contributed by atoms with Crippen molar-refractivity contribution >= 4 is 6.03 Å². The van der Waals surface area contributed by atoms with Gasteiger partial charge in [-0.1, -0.05) is 29.8 Å². The maximum absolute atomic E-state index is 12.6. The maximum atomic E-state index is 12.6. The lowest BCUT2D eigenvalue weighted by Gasteiger charge is -2.41. The highest BCUT2D eigenvalue weighted by atomic mass is 16.5. The molecule has 1 aromatic carbocycles. The first-order valence-electron chi connectivity index (χ1n) is 11.1. The van der Waals surface area contributed by atoms with Crippen LogP contribution in [0.1, 0.15) is 48.5 Å². The normalized spacial score (nSPS) is 18.1. The van der Waals surface area contributed by atoms with Crippen molar-refractivity contribution in [3.63, 3.8) is 0 Å². The fourth-order valence-electron chi connectivity index (χ4n) is 4.72. The van der Waals surface area contributed by atoms with E-state index < -0.39 is 0 Å². The van der Waals surface area contributed by atoms with Gasteiger partial charge in [-0.25, -0.2) is 4.79 Å².